The number of halogens is 3. The lowest BCUT2D eigenvalue weighted by Gasteiger charge is -2.29. The van der Waals surface area contributed by atoms with Gasteiger partial charge in [0.1, 0.15) is 5.75 Å². The van der Waals surface area contributed by atoms with E-state index in [1.54, 1.807) is 6.07 Å². The summed E-state index contributed by atoms with van der Waals surface area (Å²) in [6, 6.07) is 4.72. The molecule has 1 fully saturated rings. The number of benzene rings is 1. The van der Waals surface area contributed by atoms with Crippen LogP contribution in [0.1, 0.15) is 31.2 Å². The number of hydrogen-bond acceptors (Lipinski definition) is 3. The molecule has 0 saturated carbocycles. The predicted octanol–water partition coefficient (Wildman–Crippen LogP) is 3.68. The molecule has 1 unspecified atom stereocenters. The number of ether oxygens (including phenoxy) is 1. The van der Waals surface area contributed by atoms with Crippen molar-refractivity contribution in [2.45, 2.75) is 44.9 Å². The molecule has 1 aromatic rings. The standard InChI is InChI=1S/C15H20ClF2NO2/c16-12-5-6-14(21-15(17)18)11(8-12)9-19-7-3-1-2-4-13(19)10-20/h5-6,8,13,15,20H,1-4,7,9-10H2. The Morgan fingerprint density at radius 1 is 1.33 bits per heavy atom. The van der Waals surface area contributed by atoms with E-state index >= 15 is 0 Å². The zero-order valence-corrected chi connectivity index (χ0v) is 12.5. The fourth-order valence-electron chi connectivity index (χ4n) is 2.75. The number of nitrogens with zero attached hydrogens (tertiary/aromatic N) is 1. The van der Waals surface area contributed by atoms with Crippen molar-refractivity contribution < 1.29 is 18.6 Å². The Kier molecular flexibility index (Phi) is 6.21. The third kappa shape index (κ3) is 4.80. The Morgan fingerprint density at radius 2 is 2.14 bits per heavy atom. The van der Waals surface area contributed by atoms with E-state index in [2.05, 4.69) is 9.64 Å². The normalized spacial score (nSPS) is 20.5. The van der Waals surface area contributed by atoms with Crippen LogP contribution in [0.5, 0.6) is 5.75 Å². The van der Waals surface area contributed by atoms with Crippen molar-refractivity contribution in [2.24, 2.45) is 0 Å². The van der Waals surface area contributed by atoms with Crippen LogP contribution in [0.3, 0.4) is 0 Å². The van der Waals surface area contributed by atoms with Crippen LogP contribution in [0.2, 0.25) is 5.02 Å². The Hall–Kier alpha value is -0.910. The van der Waals surface area contributed by atoms with Crippen LogP contribution in [-0.2, 0) is 6.54 Å². The van der Waals surface area contributed by atoms with Gasteiger partial charge in [-0.1, -0.05) is 24.4 Å². The summed E-state index contributed by atoms with van der Waals surface area (Å²) in [6.07, 6.45) is 4.17. The second kappa shape index (κ2) is 7.92. The van der Waals surface area contributed by atoms with E-state index in [1.165, 1.54) is 12.1 Å². The molecule has 0 bridgehead atoms. The highest BCUT2D eigenvalue weighted by Crippen LogP contribution is 2.28. The van der Waals surface area contributed by atoms with Crippen LogP contribution in [0.15, 0.2) is 18.2 Å². The molecule has 6 heteroatoms. The van der Waals surface area contributed by atoms with Crippen LogP contribution in [0.4, 0.5) is 8.78 Å². The molecule has 0 aromatic heterocycles. The summed E-state index contributed by atoms with van der Waals surface area (Å²) in [7, 11) is 0. The Bertz CT molecular complexity index is 459. The van der Waals surface area contributed by atoms with Gasteiger partial charge in [0.25, 0.3) is 0 Å². The topological polar surface area (TPSA) is 32.7 Å². The molecule has 1 aliphatic rings. The summed E-state index contributed by atoms with van der Waals surface area (Å²) >= 11 is 5.96. The van der Waals surface area contributed by atoms with Gasteiger partial charge in [-0.2, -0.15) is 8.78 Å². The number of hydrogen-bond donors (Lipinski definition) is 1. The predicted molar refractivity (Wildman–Crippen MR) is 77.8 cm³/mol. The molecule has 1 aromatic carbocycles. The third-order valence-electron chi connectivity index (χ3n) is 3.82. The van der Waals surface area contributed by atoms with Gasteiger partial charge >= 0.3 is 6.61 Å². The largest absolute Gasteiger partial charge is 0.434 e. The van der Waals surface area contributed by atoms with Gasteiger partial charge in [0, 0.05) is 23.2 Å². The van der Waals surface area contributed by atoms with Gasteiger partial charge in [-0.3, -0.25) is 4.90 Å². The van der Waals surface area contributed by atoms with Gasteiger partial charge in [-0.15, -0.1) is 0 Å². The van der Waals surface area contributed by atoms with E-state index in [0.717, 1.165) is 32.2 Å². The molecule has 0 amide bonds. The lowest BCUT2D eigenvalue weighted by atomic mass is 10.1. The number of rotatable bonds is 5. The first-order valence-electron chi connectivity index (χ1n) is 7.18. The lowest BCUT2D eigenvalue weighted by molar-refractivity contribution is -0.0509. The minimum absolute atomic E-state index is 0.0610. The van der Waals surface area contributed by atoms with Crippen molar-refractivity contribution in [3.8, 4) is 5.75 Å². The van der Waals surface area contributed by atoms with Crippen LogP contribution < -0.4 is 4.74 Å². The highest BCUT2D eigenvalue weighted by Gasteiger charge is 2.22. The Morgan fingerprint density at radius 3 is 2.86 bits per heavy atom. The highest BCUT2D eigenvalue weighted by atomic mass is 35.5. The summed E-state index contributed by atoms with van der Waals surface area (Å²) in [4.78, 5) is 2.12. The SMILES string of the molecule is OCC1CCCCCN1Cc1cc(Cl)ccc1OC(F)F. The van der Waals surface area contributed by atoms with Crippen molar-refractivity contribution in [2.75, 3.05) is 13.2 Å². The van der Waals surface area contributed by atoms with Crippen molar-refractivity contribution in [1.29, 1.82) is 0 Å². The summed E-state index contributed by atoms with van der Waals surface area (Å²) in [5, 5.41) is 10.0. The second-order valence-corrected chi connectivity index (χ2v) is 5.72. The monoisotopic (exact) mass is 319 g/mol. The van der Waals surface area contributed by atoms with Crippen LogP contribution in [0.25, 0.3) is 0 Å². The van der Waals surface area contributed by atoms with E-state index in [4.69, 9.17) is 11.6 Å². The molecule has 0 aliphatic carbocycles. The minimum atomic E-state index is -2.86. The average Bonchev–Trinajstić information content (AvgIpc) is 2.66. The molecule has 1 N–H and O–H groups in total. The smallest absolute Gasteiger partial charge is 0.387 e. The van der Waals surface area contributed by atoms with Crippen LogP contribution >= 0.6 is 11.6 Å². The lowest BCUT2D eigenvalue weighted by Crippen LogP contribution is -2.37. The first-order chi connectivity index (χ1) is 10.1. The summed E-state index contributed by atoms with van der Waals surface area (Å²) in [6.45, 7) is -1.49. The molecule has 21 heavy (non-hydrogen) atoms. The Labute approximate surface area is 128 Å². The molecule has 1 heterocycles. The molecule has 2 rings (SSSR count). The maximum atomic E-state index is 12.5. The zero-order chi connectivity index (χ0) is 15.2. The maximum Gasteiger partial charge on any atom is 0.387 e. The first kappa shape index (κ1) is 16.5. The number of aliphatic hydroxyl groups is 1. The van der Waals surface area contributed by atoms with Crippen LogP contribution in [0, 0.1) is 0 Å². The summed E-state index contributed by atoms with van der Waals surface area (Å²) in [5.74, 6) is 0.148. The third-order valence-corrected chi connectivity index (χ3v) is 4.06. The summed E-state index contributed by atoms with van der Waals surface area (Å²) < 4.78 is 29.5. The second-order valence-electron chi connectivity index (χ2n) is 5.29. The van der Waals surface area contributed by atoms with E-state index in [0.29, 0.717) is 17.1 Å². The molecule has 118 valence electrons. The number of likely N-dealkylation sites (tertiary alicyclic amines) is 1. The number of alkyl halides is 2. The van der Waals surface area contributed by atoms with Crippen molar-refractivity contribution >= 4 is 11.6 Å². The van der Waals surface area contributed by atoms with E-state index in [1.807, 2.05) is 0 Å². The van der Waals surface area contributed by atoms with Gasteiger partial charge in [0.05, 0.1) is 6.61 Å². The van der Waals surface area contributed by atoms with Crippen molar-refractivity contribution in [1.82, 2.24) is 4.90 Å². The van der Waals surface area contributed by atoms with E-state index in [-0.39, 0.29) is 18.4 Å². The minimum Gasteiger partial charge on any atom is -0.434 e. The molecule has 0 radical (unpaired) electrons. The first-order valence-corrected chi connectivity index (χ1v) is 7.56. The molecule has 3 nitrogen and oxygen atoms in total. The van der Waals surface area contributed by atoms with Crippen LogP contribution in [-0.4, -0.2) is 35.8 Å². The van der Waals surface area contributed by atoms with E-state index in [9.17, 15) is 13.9 Å². The fraction of sp³-hybridized carbons (Fsp3) is 0.600. The Balaban J connectivity index is 2.17. The molecule has 1 atom stereocenters. The average molecular weight is 320 g/mol. The fourth-order valence-corrected chi connectivity index (χ4v) is 2.95. The van der Waals surface area contributed by atoms with Gasteiger partial charge < -0.3 is 9.84 Å². The number of aliphatic hydroxyl groups excluding tert-OH is 1. The maximum absolute atomic E-state index is 12.5. The van der Waals surface area contributed by atoms with Gasteiger partial charge in [0.2, 0.25) is 0 Å². The highest BCUT2D eigenvalue weighted by molar-refractivity contribution is 6.30. The molecule has 1 saturated heterocycles. The van der Waals surface area contributed by atoms with Crippen molar-refractivity contribution in [3.63, 3.8) is 0 Å². The quantitative estimate of drug-likeness (QED) is 0.898. The van der Waals surface area contributed by atoms with Gasteiger partial charge in [-0.05, 0) is 37.6 Å². The van der Waals surface area contributed by atoms with Gasteiger partial charge in [-0.25, -0.2) is 0 Å². The van der Waals surface area contributed by atoms with Gasteiger partial charge in [0.15, 0.2) is 0 Å². The molecule has 0 spiro atoms. The zero-order valence-electron chi connectivity index (χ0n) is 11.8. The van der Waals surface area contributed by atoms with Crippen molar-refractivity contribution in [3.05, 3.63) is 28.8 Å². The molecular weight excluding hydrogens is 300 g/mol. The summed E-state index contributed by atoms with van der Waals surface area (Å²) in [5.41, 5.74) is 0.628. The molecule has 1 aliphatic heterocycles. The van der Waals surface area contributed by atoms with E-state index < -0.39 is 6.61 Å². The molecular formula is C15H20ClF2NO2.